The standard InChI is InChI=1S/C12H14N4OS/c1-16(2)12-13-5-3-10(15-12)7-14-11(17)9-4-6-18-8-9/h3-6,8H,7H2,1-2H3,(H,14,17). The van der Waals surface area contributed by atoms with Crippen molar-refractivity contribution in [1.82, 2.24) is 15.3 Å². The lowest BCUT2D eigenvalue weighted by molar-refractivity contribution is 0.0951. The third-order valence-corrected chi connectivity index (χ3v) is 3.00. The van der Waals surface area contributed by atoms with Gasteiger partial charge < -0.3 is 10.2 Å². The first kappa shape index (κ1) is 12.5. The molecule has 0 bridgehead atoms. The van der Waals surface area contributed by atoms with E-state index < -0.39 is 0 Å². The maximum absolute atomic E-state index is 11.7. The van der Waals surface area contributed by atoms with Gasteiger partial charge in [-0.05, 0) is 17.5 Å². The molecule has 0 saturated heterocycles. The second-order valence-corrected chi connectivity index (χ2v) is 4.72. The van der Waals surface area contributed by atoms with Crippen molar-refractivity contribution in [3.63, 3.8) is 0 Å². The Morgan fingerprint density at radius 2 is 2.28 bits per heavy atom. The van der Waals surface area contributed by atoms with Crippen LogP contribution in [-0.2, 0) is 6.54 Å². The first-order valence-corrected chi connectivity index (χ1v) is 6.41. The third kappa shape index (κ3) is 3.04. The van der Waals surface area contributed by atoms with E-state index in [-0.39, 0.29) is 5.91 Å². The summed E-state index contributed by atoms with van der Waals surface area (Å²) in [4.78, 5) is 22.0. The SMILES string of the molecule is CN(C)c1nccc(CNC(=O)c2ccsc2)n1. The molecule has 0 aliphatic carbocycles. The minimum atomic E-state index is -0.0822. The molecule has 0 radical (unpaired) electrons. The van der Waals surface area contributed by atoms with Gasteiger partial charge in [-0.2, -0.15) is 11.3 Å². The highest BCUT2D eigenvalue weighted by Gasteiger charge is 2.06. The number of hydrogen-bond acceptors (Lipinski definition) is 5. The monoisotopic (exact) mass is 262 g/mol. The highest BCUT2D eigenvalue weighted by atomic mass is 32.1. The van der Waals surface area contributed by atoms with Crippen LogP contribution >= 0.6 is 11.3 Å². The molecular formula is C12H14N4OS. The average molecular weight is 262 g/mol. The summed E-state index contributed by atoms with van der Waals surface area (Å²) >= 11 is 1.50. The van der Waals surface area contributed by atoms with E-state index in [2.05, 4.69) is 15.3 Å². The average Bonchev–Trinajstić information content (AvgIpc) is 2.90. The Morgan fingerprint density at radius 1 is 1.44 bits per heavy atom. The van der Waals surface area contributed by atoms with Crippen molar-refractivity contribution in [2.45, 2.75) is 6.54 Å². The van der Waals surface area contributed by atoms with Gasteiger partial charge in [0, 0.05) is 31.2 Å². The number of amides is 1. The van der Waals surface area contributed by atoms with Gasteiger partial charge in [0.05, 0.1) is 12.2 Å². The van der Waals surface area contributed by atoms with Crippen LogP contribution in [0.4, 0.5) is 5.95 Å². The van der Waals surface area contributed by atoms with E-state index in [0.717, 1.165) is 5.69 Å². The highest BCUT2D eigenvalue weighted by Crippen LogP contribution is 2.07. The molecule has 0 aromatic carbocycles. The molecule has 2 aromatic rings. The van der Waals surface area contributed by atoms with Crippen molar-refractivity contribution in [1.29, 1.82) is 0 Å². The van der Waals surface area contributed by atoms with Crippen LogP contribution in [0.2, 0.25) is 0 Å². The highest BCUT2D eigenvalue weighted by molar-refractivity contribution is 7.08. The van der Waals surface area contributed by atoms with Crippen LogP contribution in [0.5, 0.6) is 0 Å². The number of nitrogens with one attached hydrogen (secondary N) is 1. The summed E-state index contributed by atoms with van der Waals surface area (Å²) < 4.78 is 0. The third-order valence-electron chi connectivity index (χ3n) is 2.31. The normalized spacial score (nSPS) is 10.1. The molecule has 0 aliphatic heterocycles. The molecule has 0 spiro atoms. The van der Waals surface area contributed by atoms with E-state index in [1.807, 2.05) is 29.8 Å². The zero-order valence-corrected chi connectivity index (χ0v) is 11.1. The number of carbonyl (C=O) groups is 1. The van der Waals surface area contributed by atoms with Crippen LogP contribution in [0.15, 0.2) is 29.1 Å². The van der Waals surface area contributed by atoms with E-state index >= 15 is 0 Å². The Hall–Kier alpha value is -1.95. The second kappa shape index (κ2) is 5.59. The van der Waals surface area contributed by atoms with Crippen LogP contribution in [0, 0.1) is 0 Å². The summed E-state index contributed by atoms with van der Waals surface area (Å²) in [6.07, 6.45) is 1.69. The molecule has 0 saturated carbocycles. The van der Waals surface area contributed by atoms with Crippen LogP contribution < -0.4 is 10.2 Å². The smallest absolute Gasteiger partial charge is 0.252 e. The minimum absolute atomic E-state index is 0.0822. The van der Waals surface area contributed by atoms with Crippen LogP contribution in [0.1, 0.15) is 16.1 Å². The van der Waals surface area contributed by atoms with Gasteiger partial charge in [0.1, 0.15) is 0 Å². The summed E-state index contributed by atoms with van der Waals surface area (Å²) in [5, 5.41) is 6.53. The molecule has 2 aromatic heterocycles. The summed E-state index contributed by atoms with van der Waals surface area (Å²) in [6.45, 7) is 0.401. The molecule has 0 aliphatic rings. The number of rotatable bonds is 4. The largest absolute Gasteiger partial charge is 0.347 e. The number of nitrogens with zero attached hydrogens (tertiary/aromatic N) is 3. The summed E-state index contributed by atoms with van der Waals surface area (Å²) in [6, 6.07) is 3.59. The zero-order valence-electron chi connectivity index (χ0n) is 10.3. The van der Waals surface area contributed by atoms with Gasteiger partial charge in [-0.1, -0.05) is 0 Å². The van der Waals surface area contributed by atoms with E-state index in [1.54, 1.807) is 18.3 Å². The van der Waals surface area contributed by atoms with Gasteiger partial charge >= 0.3 is 0 Å². The van der Waals surface area contributed by atoms with Crippen LogP contribution in [0.25, 0.3) is 0 Å². The van der Waals surface area contributed by atoms with Crippen LogP contribution in [-0.4, -0.2) is 30.0 Å². The molecule has 0 unspecified atom stereocenters. The second-order valence-electron chi connectivity index (χ2n) is 3.94. The molecule has 2 heterocycles. The summed E-state index contributed by atoms with van der Waals surface area (Å²) in [7, 11) is 3.76. The Bertz CT molecular complexity index is 525. The predicted molar refractivity (Wildman–Crippen MR) is 71.8 cm³/mol. The first-order valence-electron chi connectivity index (χ1n) is 5.46. The summed E-state index contributed by atoms with van der Waals surface area (Å²) in [5.41, 5.74) is 1.47. The molecule has 5 nitrogen and oxygen atoms in total. The topological polar surface area (TPSA) is 58.1 Å². The zero-order chi connectivity index (χ0) is 13.0. The van der Waals surface area contributed by atoms with E-state index in [1.165, 1.54) is 11.3 Å². The first-order chi connectivity index (χ1) is 8.66. The van der Waals surface area contributed by atoms with E-state index in [9.17, 15) is 4.79 Å². The molecule has 1 N–H and O–H groups in total. The van der Waals surface area contributed by atoms with Crippen molar-refractivity contribution in [3.05, 3.63) is 40.3 Å². The van der Waals surface area contributed by atoms with Crippen molar-refractivity contribution < 1.29 is 4.79 Å². The molecule has 0 atom stereocenters. The van der Waals surface area contributed by atoms with Gasteiger partial charge in [0.15, 0.2) is 0 Å². The lowest BCUT2D eigenvalue weighted by Gasteiger charge is -2.10. The molecule has 1 amide bonds. The molecule has 0 fully saturated rings. The Balaban J connectivity index is 1.98. The number of hydrogen-bond donors (Lipinski definition) is 1. The van der Waals surface area contributed by atoms with E-state index in [4.69, 9.17) is 0 Å². The fourth-order valence-corrected chi connectivity index (χ4v) is 2.00. The lowest BCUT2D eigenvalue weighted by Crippen LogP contribution is -2.23. The molecule has 2 rings (SSSR count). The van der Waals surface area contributed by atoms with Gasteiger partial charge in [-0.3, -0.25) is 4.79 Å². The molecular weight excluding hydrogens is 248 g/mol. The maximum atomic E-state index is 11.7. The number of anilines is 1. The Kier molecular flexibility index (Phi) is 3.88. The number of thiophene rings is 1. The fraction of sp³-hybridized carbons (Fsp3) is 0.250. The Labute approximate surface area is 109 Å². The van der Waals surface area contributed by atoms with Gasteiger partial charge in [0.2, 0.25) is 5.95 Å². The Morgan fingerprint density at radius 3 is 2.94 bits per heavy atom. The maximum Gasteiger partial charge on any atom is 0.252 e. The van der Waals surface area contributed by atoms with E-state index in [0.29, 0.717) is 18.1 Å². The van der Waals surface area contributed by atoms with Crippen LogP contribution in [0.3, 0.4) is 0 Å². The van der Waals surface area contributed by atoms with Gasteiger partial charge in [-0.25, -0.2) is 9.97 Å². The fourth-order valence-electron chi connectivity index (χ4n) is 1.37. The number of aromatic nitrogens is 2. The van der Waals surface area contributed by atoms with Crippen molar-refractivity contribution in [2.75, 3.05) is 19.0 Å². The van der Waals surface area contributed by atoms with Crippen molar-refractivity contribution in [3.8, 4) is 0 Å². The minimum Gasteiger partial charge on any atom is -0.347 e. The quantitative estimate of drug-likeness (QED) is 0.908. The molecule has 18 heavy (non-hydrogen) atoms. The summed E-state index contributed by atoms with van der Waals surface area (Å²) in [5.74, 6) is 0.554. The van der Waals surface area contributed by atoms with Gasteiger partial charge in [0.25, 0.3) is 5.91 Å². The van der Waals surface area contributed by atoms with Gasteiger partial charge in [-0.15, -0.1) is 0 Å². The predicted octanol–water partition coefficient (Wildman–Crippen LogP) is 1.53. The lowest BCUT2D eigenvalue weighted by atomic mass is 10.3. The molecule has 94 valence electrons. The van der Waals surface area contributed by atoms with Crippen molar-refractivity contribution in [2.24, 2.45) is 0 Å². The van der Waals surface area contributed by atoms with Crippen molar-refractivity contribution >= 4 is 23.2 Å². The molecule has 6 heteroatoms. The number of carbonyl (C=O) groups excluding carboxylic acids is 1.